The minimum Gasteiger partial charge on any atom is -0.379 e. The van der Waals surface area contributed by atoms with Crippen molar-refractivity contribution < 1.29 is 23.0 Å². The Morgan fingerprint density at radius 3 is 3.17 bits per heavy atom. The lowest BCUT2D eigenvalue weighted by atomic mass is 10.2. The Labute approximate surface area is 139 Å². The first kappa shape index (κ1) is 18.6. The van der Waals surface area contributed by atoms with Crippen LogP contribution in [0.4, 0.5) is 13.6 Å². The molecule has 1 N–H and O–H groups in total. The fraction of sp³-hybridized carbons (Fsp3) is 0.733. The molecule has 7 nitrogen and oxygen atoms in total. The normalized spacial score (nSPS) is 17.4. The van der Waals surface area contributed by atoms with Crippen LogP contribution in [0.3, 0.4) is 0 Å². The number of hydrogen-bond acceptors (Lipinski definition) is 4. The number of hydrogen-bond donors (Lipinski definition) is 1. The molecule has 0 radical (unpaired) electrons. The van der Waals surface area contributed by atoms with Gasteiger partial charge >= 0.3 is 12.6 Å². The van der Waals surface area contributed by atoms with Crippen molar-refractivity contribution in [2.75, 3.05) is 33.4 Å². The van der Waals surface area contributed by atoms with E-state index in [0.717, 1.165) is 24.0 Å². The van der Waals surface area contributed by atoms with Gasteiger partial charge < -0.3 is 19.7 Å². The van der Waals surface area contributed by atoms with Crippen LogP contribution in [-0.2, 0) is 16.0 Å². The Balaban J connectivity index is 1.58. The molecule has 1 aliphatic heterocycles. The van der Waals surface area contributed by atoms with Gasteiger partial charge in [0.2, 0.25) is 0 Å². The molecule has 1 unspecified atom stereocenters. The average Bonchev–Trinajstić information content (AvgIpc) is 3.21. The van der Waals surface area contributed by atoms with Crippen LogP contribution in [0.1, 0.15) is 31.6 Å². The van der Waals surface area contributed by atoms with Gasteiger partial charge in [-0.3, -0.25) is 4.57 Å². The van der Waals surface area contributed by atoms with Crippen LogP contribution in [0.25, 0.3) is 0 Å². The van der Waals surface area contributed by atoms with E-state index in [1.165, 1.54) is 24.3 Å². The number of alkyl halides is 2. The standard InChI is InChI=1S/C15H24F2N4O3/c1-20(10-13-18-6-7-21(13)14(16)17)15(22)19-5-3-8-23-11-12-4-2-9-24-12/h6-7,12,14H,2-5,8-11H2,1H3,(H,19,22). The van der Waals surface area contributed by atoms with Crippen molar-refractivity contribution in [2.45, 2.75) is 38.5 Å². The van der Waals surface area contributed by atoms with Gasteiger partial charge in [0.05, 0.1) is 19.3 Å². The van der Waals surface area contributed by atoms with E-state index in [1.54, 1.807) is 0 Å². The average molecular weight is 346 g/mol. The van der Waals surface area contributed by atoms with Crippen LogP contribution in [0.5, 0.6) is 0 Å². The largest absolute Gasteiger partial charge is 0.379 e. The number of carbonyl (C=O) groups is 1. The van der Waals surface area contributed by atoms with Crippen molar-refractivity contribution in [2.24, 2.45) is 0 Å². The van der Waals surface area contributed by atoms with Gasteiger partial charge in [0.25, 0.3) is 0 Å². The van der Waals surface area contributed by atoms with Crippen LogP contribution in [0.2, 0.25) is 0 Å². The topological polar surface area (TPSA) is 68.6 Å². The second kappa shape index (κ2) is 9.53. The van der Waals surface area contributed by atoms with Gasteiger partial charge in [0.1, 0.15) is 5.82 Å². The number of urea groups is 1. The van der Waals surface area contributed by atoms with Gasteiger partial charge in [-0.05, 0) is 19.3 Å². The van der Waals surface area contributed by atoms with Crippen molar-refractivity contribution in [3.8, 4) is 0 Å². The third-order valence-corrected chi connectivity index (χ3v) is 3.75. The molecule has 1 saturated heterocycles. The highest BCUT2D eigenvalue weighted by molar-refractivity contribution is 5.73. The second-order valence-electron chi connectivity index (χ2n) is 5.68. The minimum atomic E-state index is -2.67. The molecular weight excluding hydrogens is 322 g/mol. The summed E-state index contributed by atoms with van der Waals surface area (Å²) in [5, 5.41) is 2.72. The zero-order chi connectivity index (χ0) is 17.4. The summed E-state index contributed by atoms with van der Waals surface area (Å²) in [7, 11) is 1.54. The van der Waals surface area contributed by atoms with Crippen molar-refractivity contribution in [1.82, 2.24) is 19.8 Å². The van der Waals surface area contributed by atoms with E-state index in [2.05, 4.69) is 10.3 Å². The number of ether oxygens (including phenoxy) is 2. The molecule has 0 bridgehead atoms. The first-order chi connectivity index (χ1) is 11.6. The van der Waals surface area contributed by atoms with Crippen molar-refractivity contribution in [1.29, 1.82) is 0 Å². The SMILES string of the molecule is CN(Cc1nccn1C(F)F)C(=O)NCCCOCC1CCCO1. The maximum atomic E-state index is 12.7. The van der Waals surface area contributed by atoms with Gasteiger partial charge in [-0.2, -0.15) is 8.78 Å². The summed E-state index contributed by atoms with van der Waals surface area (Å²) in [5.41, 5.74) is 0. The van der Waals surface area contributed by atoms with Crippen LogP contribution in [-0.4, -0.2) is 60.0 Å². The Hall–Kier alpha value is -1.74. The molecule has 136 valence electrons. The quantitative estimate of drug-likeness (QED) is 0.695. The summed E-state index contributed by atoms with van der Waals surface area (Å²) in [6.45, 7) is -0.263. The third kappa shape index (κ3) is 5.72. The number of nitrogens with one attached hydrogen (secondary N) is 1. The van der Waals surface area contributed by atoms with Gasteiger partial charge in [0, 0.05) is 39.2 Å². The molecular formula is C15H24F2N4O3. The number of amides is 2. The van der Waals surface area contributed by atoms with Crippen LogP contribution in [0.15, 0.2) is 12.4 Å². The molecule has 1 aromatic heterocycles. The molecule has 2 heterocycles. The second-order valence-corrected chi connectivity index (χ2v) is 5.68. The summed E-state index contributed by atoms with van der Waals surface area (Å²) in [6.07, 6.45) is 5.48. The molecule has 0 aromatic carbocycles. The van der Waals surface area contributed by atoms with Crippen LogP contribution < -0.4 is 5.32 Å². The smallest absolute Gasteiger partial charge is 0.319 e. The minimum absolute atomic E-state index is 0.0126. The molecule has 0 spiro atoms. The fourth-order valence-electron chi connectivity index (χ4n) is 2.42. The van der Waals surface area contributed by atoms with Crippen LogP contribution >= 0.6 is 0 Å². The van der Waals surface area contributed by atoms with E-state index in [0.29, 0.717) is 26.2 Å². The molecule has 9 heteroatoms. The number of aromatic nitrogens is 2. The zero-order valence-corrected chi connectivity index (χ0v) is 13.8. The molecule has 1 aliphatic rings. The van der Waals surface area contributed by atoms with E-state index in [1.807, 2.05) is 0 Å². The van der Waals surface area contributed by atoms with E-state index in [4.69, 9.17) is 9.47 Å². The molecule has 24 heavy (non-hydrogen) atoms. The predicted octanol–water partition coefficient (Wildman–Crippen LogP) is 2.01. The van der Waals surface area contributed by atoms with E-state index in [9.17, 15) is 13.6 Å². The van der Waals surface area contributed by atoms with Crippen molar-refractivity contribution in [3.05, 3.63) is 18.2 Å². The maximum absolute atomic E-state index is 12.7. The number of nitrogens with zero attached hydrogens (tertiary/aromatic N) is 3. The Morgan fingerprint density at radius 1 is 1.62 bits per heavy atom. The van der Waals surface area contributed by atoms with Crippen LogP contribution in [0, 0.1) is 0 Å². The number of halogens is 2. The molecule has 0 saturated carbocycles. The Bertz CT molecular complexity index is 507. The lowest BCUT2D eigenvalue weighted by molar-refractivity contribution is 0.0167. The monoisotopic (exact) mass is 346 g/mol. The fourth-order valence-corrected chi connectivity index (χ4v) is 2.42. The molecule has 2 amide bonds. The van der Waals surface area contributed by atoms with Crippen molar-refractivity contribution >= 4 is 6.03 Å². The molecule has 2 rings (SSSR count). The molecule has 1 fully saturated rings. The number of imidazole rings is 1. The Morgan fingerprint density at radius 2 is 2.46 bits per heavy atom. The summed E-state index contributed by atoms with van der Waals surface area (Å²) in [5.74, 6) is 0.141. The zero-order valence-electron chi connectivity index (χ0n) is 13.8. The molecule has 1 atom stereocenters. The third-order valence-electron chi connectivity index (χ3n) is 3.75. The highest BCUT2D eigenvalue weighted by Gasteiger charge is 2.16. The van der Waals surface area contributed by atoms with Gasteiger partial charge in [0.15, 0.2) is 0 Å². The van der Waals surface area contributed by atoms with Gasteiger partial charge in [-0.15, -0.1) is 0 Å². The summed E-state index contributed by atoms with van der Waals surface area (Å²) in [6, 6.07) is -0.335. The first-order valence-corrected chi connectivity index (χ1v) is 8.06. The van der Waals surface area contributed by atoms with E-state index in [-0.39, 0.29) is 24.5 Å². The van der Waals surface area contributed by atoms with E-state index >= 15 is 0 Å². The predicted molar refractivity (Wildman–Crippen MR) is 82.8 cm³/mol. The summed E-state index contributed by atoms with van der Waals surface area (Å²) < 4.78 is 37.1. The van der Waals surface area contributed by atoms with Gasteiger partial charge in [-0.1, -0.05) is 0 Å². The molecule has 1 aromatic rings. The van der Waals surface area contributed by atoms with Gasteiger partial charge in [-0.25, -0.2) is 9.78 Å². The lowest BCUT2D eigenvalue weighted by Gasteiger charge is -2.18. The number of rotatable bonds is 9. The maximum Gasteiger partial charge on any atom is 0.319 e. The summed E-state index contributed by atoms with van der Waals surface area (Å²) >= 11 is 0. The summed E-state index contributed by atoms with van der Waals surface area (Å²) in [4.78, 5) is 17.1. The van der Waals surface area contributed by atoms with Crippen molar-refractivity contribution in [3.63, 3.8) is 0 Å². The number of carbonyl (C=O) groups excluding carboxylic acids is 1. The Kier molecular flexibility index (Phi) is 7.38. The first-order valence-electron chi connectivity index (χ1n) is 8.06. The lowest BCUT2D eigenvalue weighted by Crippen LogP contribution is -2.38. The van der Waals surface area contributed by atoms with E-state index < -0.39 is 6.55 Å². The molecule has 0 aliphatic carbocycles. The highest BCUT2D eigenvalue weighted by atomic mass is 19.3. The highest BCUT2D eigenvalue weighted by Crippen LogP contribution is 2.13.